The van der Waals surface area contributed by atoms with Gasteiger partial charge < -0.3 is 18.8 Å². The van der Waals surface area contributed by atoms with E-state index < -0.39 is 0 Å². The van der Waals surface area contributed by atoms with Crippen molar-refractivity contribution < 1.29 is 18.7 Å². The minimum absolute atomic E-state index is 0.110. The van der Waals surface area contributed by atoms with Crippen LogP contribution in [0.4, 0.5) is 0 Å². The van der Waals surface area contributed by atoms with Crippen LogP contribution < -0.4 is 15.0 Å². The number of para-hydroxylation sites is 1. The molecule has 0 spiro atoms. The number of rotatable bonds is 5. The van der Waals surface area contributed by atoms with Crippen molar-refractivity contribution in [2.24, 2.45) is 0 Å². The molecule has 0 aliphatic carbocycles. The predicted molar refractivity (Wildman–Crippen MR) is 119 cm³/mol. The first kappa shape index (κ1) is 20.1. The third kappa shape index (κ3) is 3.28. The molecule has 3 heterocycles. The van der Waals surface area contributed by atoms with Gasteiger partial charge in [-0.2, -0.15) is 0 Å². The van der Waals surface area contributed by atoms with Gasteiger partial charge in [-0.25, -0.2) is 4.98 Å². The molecule has 8 nitrogen and oxygen atoms in total. The van der Waals surface area contributed by atoms with Gasteiger partial charge in [-0.1, -0.05) is 12.1 Å². The fraction of sp³-hybridized carbons (Fsp3) is 0.292. The number of carbonyl (C=O) groups is 1. The summed E-state index contributed by atoms with van der Waals surface area (Å²) in [5.41, 5.74) is 1.80. The van der Waals surface area contributed by atoms with E-state index in [1.165, 1.54) is 10.9 Å². The molecule has 2 aromatic carbocycles. The molecule has 1 unspecified atom stereocenters. The zero-order valence-corrected chi connectivity index (χ0v) is 17.9. The molecule has 0 saturated carbocycles. The highest BCUT2D eigenvalue weighted by Crippen LogP contribution is 2.39. The number of carbonyl (C=O) groups excluding carboxylic acids is 1. The molecule has 1 aliphatic rings. The monoisotopic (exact) mass is 433 g/mol. The Labute approximate surface area is 184 Å². The van der Waals surface area contributed by atoms with Gasteiger partial charge in [0.15, 0.2) is 0 Å². The lowest BCUT2D eigenvalue weighted by Crippen LogP contribution is -2.36. The van der Waals surface area contributed by atoms with E-state index in [1.54, 1.807) is 25.2 Å². The second-order valence-corrected chi connectivity index (χ2v) is 7.81. The predicted octanol–water partition coefficient (Wildman–Crippen LogP) is 3.52. The molecule has 8 heteroatoms. The number of amides is 1. The normalized spacial score (nSPS) is 16.1. The van der Waals surface area contributed by atoms with Gasteiger partial charge in [0.05, 0.1) is 26.6 Å². The molecule has 2 aromatic heterocycles. The van der Waals surface area contributed by atoms with Crippen molar-refractivity contribution in [3.05, 3.63) is 64.7 Å². The molecule has 5 rings (SSSR count). The van der Waals surface area contributed by atoms with Crippen molar-refractivity contribution in [1.29, 1.82) is 0 Å². The largest absolute Gasteiger partial charge is 0.497 e. The molecule has 164 valence electrons. The van der Waals surface area contributed by atoms with E-state index in [4.69, 9.17) is 13.9 Å². The third-order valence-corrected chi connectivity index (χ3v) is 6.03. The molecule has 1 saturated heterocycles. The first-order valence-electron chi connectivity index (χ1n) is 10.5. The fourth-order valence-electron chi connectivity index (χ4n) is 4.45. The first-order chi connectivity index (χ1) is 15.6. The van der Waals surface area contributed by atoms with Crippen LogP contribution in [0.15, 0.2) is 58.0 Å². The van der Waals surface area contributed by atoms with E-state index in [0.717, 1.165) is 23.8 Å². The number of methoxy groups -OCH3 is 2. The van der Waals surface area contributed by atoms with Gasteiger partial charge in [0, 0.05) is 17.5 Å². The number of hydrogen-bond acceptors (Lipinski definition) is 6. The van der Waals surface area contributed by atoms with E-state index in [1.807, 2.05) is 36.4 Å². The van der Waals surface area contributed by atoms with Crippen LogP contribution in [-0.4, -0.2) is 41.1 Å². The molecule has 0 radical (unpaired) electrons. The summed E-state index contributed by atoms with van der Waals surface area (Å²) in [5, 5.41) is 0.780. The van der Waals surface area contributed by atoms with Gasteiger partial charge >= 0.3 is 0 Å². The summed E-state index contributed by atoms with van der Waals surface area (Å²) in [6.07, 6.45) is 3.10. The third-order valence-electron chi connectivity index (χ3n) is 6.03. The Bertz CT molecular complexity index is 1370. The second-order valence-electron chi connectivity index (χ2n) is 7.81. The Morgan fingerprint density at radius 2 is 2.03 bits per heavy atom. The molecule has 0 bridgehead atoms. The number of hydrogen-bond donors (Lipinski definition) is 0. The van der Waals surface area contributed by atoms with E-state index in [9.17, 15) is 9.59 Å². The van der Waals surface area contributed by atoms with Crippen LogP contribution >= 0.6 is 0 Å². The lowest BCUT2D eigenvalue weighted by molar-refractivity contribution is -0.132. The first-order valence-corrected chi connectivity index (χ1v) is 10.5. The minimum Gasteiger partial charge on any atom is -0.497 e. The summed E-state index contributed by atoms with van der Waals surface area (Å²) >= 11 is 0. The summed E-state index contributed by atoms with van der Waals surface area (Å²) in [4.78, 5) is 32.5. The number of furan rings is 1. The zero-order valence-electron chi connectivity index (χ0n) is 17.9. The van der Waals surface area contributed by atoms with Gasteiger partial charge in [-0.05, 0) is 43.2 Å². The van der Waals surface area contributed by atoms with Crippen molar-refractivity contribution in [3.63, 3.8) is 0 Å². The van der Waals surface area contributed by atoms with Crippen molar-refractivity contribution in [3.8, 4) is 11.5 Å². The number of fused-ring (bicyclic) bond motifs is 3. The van der Waals surface area contributed by atoms with Crippen molar-refractivity contribution in [2.75, 3.05) is 20.8 Å². The molecule has 1 aliphatic heterocycles. The molecule has 1 fully saturated rings. The standard InChI is InChI=1S/C24H23N3O5/c1-30-15-9-10-19(31-2)17(12-15)18-7-5-11-27(18)21(28)13-26-14-25-22-16-6-3-4-8-20(16)32-23(22)24(26)29/h3-4,6,8-10,12,14,18H,5,7,11,13H2,1-2H3. The Morgan fingerprint density at radius 3 is 2.84 bits per heavy atom. The van der Waals surface area contributed by atoms with Crippen molar-refractivity contribution >= 4 is 28.0 Å². The molecule has 4 aromatic rings. The molecule has 1 amide bonds. The molecule has 0 N–H and O–H groups in total. The number of ether oxygens (including phenoxy) is 2. The fourth-order valence-corrected chi connectivity index (χ4v) is 4.45. The molecule has 1 atom stereocenters. The van der Waals surface area contributed by atoms with E-state index >= 15 is 0 Å². The van der Waals surface area contributed by atoms with Gasteiger partial charge in [0.1, 0.15) is 29.1 Å². The highest BCUT2D eigenvalue weighted by atomic mass is 16.5. The van der Waals surface area contributed by atoms with Crippen LogP contribution in [0, 0.1) is 0 Å². The van der Waals surface area contributed by atoms with E-state index in [-0.39, 0.29) is 29.6 Å². The smallest absolute Gasteiger partial charge is 0.297 e. The van der Waals surface area contributed by atoms with E-state index in [2.05, 4.69) is 4.98 Å². The maximum atomic E-state index is 13.2. The quantitative estimate of drug-likeness (QED) is 0.479. The van der Waals surface area contributed by atoms with E-state index in [0.29, 0.717) is 29.1 Å². The van der Waals surface area contributed by atoms with Crippen LogP contribution in [0.25, 0.3) is 22.1 Å². The number of nitrogens with zero attached hydrogens (tertiary/aromatic N) is 3. The highest BCUT2D eigenvalue weighted by Gasteiger charge is 2.32. The minimum atomic E-state index is -0.366. The van der Waals surface area contributed by atoms with Gasteiger partial charge in [-0.3, -0.25) is 14.2 Å². The summed E-state index contributed by atoms with van der Waals surface area (Å²) in [7, 11) is 3.22. The SMILES string of the molecule is COc1ccc(OC)c(C2CCCN2C(=O)Cn2cnc3c(oc4ccccc43)c2=O)c1. The topological polar surface area (TPSA) is 86.8 Å². The summed E-state index contributed by atoms with van der Waals surface area (Å²) in [5.74, 6) is 1.26. The summed E-state index contributed by atoms with van der Waals surface area (Å²) < 4.78 is 17.9. The van der Waals surface area contributed by atoms with Gasteiger partial charge in [0.2, 0.25) is 11.5 Å². The average Bonchev–Trinajstić information content (AvgIpc) is 3.46. The number of benzene rings is 2. The van der Waals surface area contributed by atoms with Crippen LogP contribution in [0.1, 0.15) is 24.4 Å². The molecular weight excluding hydrogens is 410 g/mol. The Hall–Kier alpha value is -3.81. The van der Waals surface area contributed by atoms with Crippen molar-refractivity contribution in [2.45, 2.75) is 25.4 Å². The summed E-state index contributed by atoms with van der Waals surface area (Å²) in [6.45, 7) is 0.501. The highest BCUT2D eigenvalue weighted by molar-refractivity contribution is 6.01. The molecular formula is C24H23N3O5. The Morgan fingerprint density at radius 1 is 1.19 bits per heavy atom. The van der Waals surface area contributed by atoms with Crippen LogP contribution in [0.2, 0.25) is 0 Å². The van der Waals surface area contributed by atoms with Crippen LogP contribution in [0.3, 0.4) is 0 Å². The lowest BCUT2D eigenvalue weighted by Gasteiger charge is -2.27. The van der Waals surface area contributed by atoms with Crippen LogP contribution in [0.5, 0.6) is 11.5 Å². The number of likely N-dealkylation sites (tertiary alicyclic amines) is 1. The van der Waals surface area contributed by atoms with Crippen molar-refractivity contribution in [1.82, 2.24) is 14.5 Å². The van der Waals surface area contributed by atoms with Gasteiger partial charge in [-0.15, -0.1) is 0 Å². The Balaban J connectivity index is 1.46. The summed E-state index contributed by atoms with van der Waals surface area (Å²) in [6, 6.07) is 12.8. The lowest BCUT2D eigenvalue weighted by atomic mass is 10.0. The zero-order chi connectivity index (χ0) is 22.2. The average molecular weight is 433 g/mol. The molecule has 32 heavy (non-hydrogen) atoms. The Kier molecular flexibility index (Phi) is 5.05. The number of aromatic nitrogens is 2. The van der Waals surface area contributed by atoms with Gasteiger partial charge in [0.25, 0.3) is 5.56 Å². The maximum absolute atomic E-state index is 13.2. The second kappa shape index (κ2) is 8.03. The maximum Gasteiger partial charge on any atom is 0.297 e. The van der Waals surface area contributed by atoms with Crippen LogP contribution in [-0.2, 0) is 11.3 Å².